The van der Waals surface area contributed by atoms with Crippen LogP contribution in [-0.4, -0.2) is 59.0 Å². The van der Waals surface area contributed by atoms with Gasteiger partial charge in [0, 0.05) is 34.7 Å². The number of anilines is 1. The maximum absolute atomic E-state index is 12.6. The second-order valence-electron chi connectivity index (χ2n) is 6.44. The lowest BCUT2D eigenvalue weighted by Crippen LogP contribution is -2.39. The van der Waals surface area contributed by atoms with Crippen LogP contribution in [0.25, 0.3) is 0 Å². The van der Waals surface area contributed by atoms with Crippen molar-refractivity contribution >= 4 is 23.9 Å². The molecule has 0 atom stereocenters. The Hall–Kier alpha value is -3.86. The van der Waals surface area contributed by atoms with E-state index < -0.39 is 17.6 Å². The van der Waals surface area contributed by atoms with E-state index in [0.29, 0.717) is 6.29 Å². The third-order valence-electron chi connectivity index (χ3n) is 4.05. The quantitative estimate of drug-likeness (QED) is 0.216. The predicted octanol–water partition coefficient (Wildman–Crippen LogP) is 0.717. The topological polar surface area (TPSA) is 141 Å². The highest BCUT2D eigenvalue weighted by molar-refractivity contribution is 6.02. The number of nitrogens with one attached hydrogen (secondary N) is 4. The van der Waals surface area contributed by atoms with Crippen molar-refractivity contribution in [2.24, 2.45) is 7.05 Å². The lowest BCUT2D eigenvalue weighted by Gasteiger charge is -2.15. The molecule has 0 aliphatic carbocycles. The van der Waals surface area contributed by atoms with E-state index in [0.717, 1.165) is 5.56 Å². The molecule has 1 aromatic carbocycles. The minimum Gasteiger partial charge on any atom is -0.503 e. The molecular formula is C21H31N7O4. The van der Waals surface area contributed by atoms with Gasteiger partial charge in [0.25, 0.3) is 11.8 Å². The van der Waals surface area contributed by atoms with Crippen molar-refractivity contribution in [3.05, 3.63) is 53.0 Å². The van der Waals surface area contributed by atoms with E-state index in [2.05, 4.69) is 26.6 Å². The monoisotopic (exact) mass is 445 g/mol. The van der Waals surface area contributed by atoms with Crippen LogP contribution >= 0.6 is 0 Å². The Morgan fingerprint density at radius 2 is 1.81 bits per heavy atom. The lowest BCUT2D eigenvalue weighted by atomic mass is 10.2. The van der Waals surface area contributed by atoms with Crippen LogP contribution in [-0.2, 0) is 23.2 Å². The Bertz CT molecular complexity index is 953. The summed E-state index contributed by atoms with van der Waals surface area (Å²) in [6, 6.07) is 9.30. The molecule has 1 heterocycles. The molecule has 0 fully saturated rings. The van der Waals surface area contributed by atoms with E-state index in [1.807, 2.05) is 44.2 Å². The minimum atomic E-state index is -0.666. The van der Waals surface area contributed by atoms with Crippen LogP contribution in [0.5, 0.6) is 5.75 Å². The van der Waals surface area contributed by atoms with Crippen LogP contribution in [0.3, 0.4) is 0 Å². The number of hydrazine groups is 1. The van der Waals surface area contributed by atoms with Gasteiger partial charge in [0.15, 0.2) is 23.5 Å². The zero-order valence-electron chi connectivity index (χ0n) is 19.2. The first-order valence-corrected chi connectivity index (χ1v) is 9.99. The molecule has 1 aromatic heterocycles. The van der Waals surface area contributed by atoms with Crippen LogP contribution < -0.4 is 21.5 Å². The Morgan fingerprint density at radius 1 is 1.19 bits per heavy atom. The molecule has 0 unspecified atom stereocenters. The summed E-state index contributed by atoms with van der Waals surface area (Å²) in [4.78, 5) is 37.7. The number of rotatable bonds is 9. The maximum atomic E-state index is 12.6. The van der Waals surface area contributed by atoms with Crippen molar-refractivity contribution in [2.45, 2.75) is 20.4 Å². The number of nitrogens with zero attached hydrogens (tertiary/aromatic N) is 3. The number of carbonyl (C=O) groups excluding carboxylic acids is 3. The Balaban J connectivity index is 0.00000249. The average Bonchev–Trinajstić information content (AvgIpc) is 3.08. The van der Waals surface area contributed by atoms with Gasteiger partial charge in [0.1, 0.15) is 11.4 Å². The first-order chi connectivity index (χ1) is 15.3. The van der Waals surface area contributed by atoms with Gasteiger partial charge in [-0.2, -0.15) is 5.10 Å². The van der Waals surface area contributed by atoms with E-state index in [1.165, 1.54) is 37.8 Å². The summed E-state index contributed by atoms with van der Waals surface area (Å²) in [5.41, 5.74) is 5.35. The van der Waals surface area contributed by atoms with Gasteiger partial charge in [-0.05, 0) is 5.56 Å². The molecule has 0 spiro atoms. The minimum absolute atomic E-state index is 0.0256. The maximum Gasteiger partial charge on any atom is 0.284 e. The first kappa shape index (κ1) is 26.2. The molecule has 5 N–H and O–H groups in total. The Kier molecular flexibility index (Phi) is 10.4. The van der Waals surface area contributed by atoms with Gasteiger partial charge in [-0.3, -0.25) is 19.8 Å². The molecule has 174 valence electrons. The number of carbonyl (C=O) groups is 3. The fraction of sp³-hybridized carbons (Fsp3) is 0.333. The fourth-order valence-corrected chi connectivity index (χ4v) is 2.53. The molecule has 0 aliphatic heterocycles. The highest BCUT2D eigenvalue weighted by Crippen LogP contribution is 2.29. The second kappa shape index (κ2) is 12.7. The molecule has 0 saturated carbocycles. The highest BCUT2D eigenvalue weighted by atomic mass is 16.3. The van der Waals surface area contributed by atoms with E-state index in [4.69, 9.17) is 0 Å². The van der Waals surface area contributed by atoms with E-state index in [1.54, 1.807) is 0 Å². The standard InChI is InChI=1S/C19H25N7O4.C2H6/c1-20-23-18(29)14(13(11-27)21-10-12-8-6-5-7-9-12)22-17-16(28)15(24-26(17)4)19(30)25(2)3;1-2/h5-9,11,20-22,28H,10H2,1-4H3,(H,23,29);1-2H3/b14-13-;. The van der Waals surface area contributed by atoms with E-state index >= 15 is 0 Å². The summed E-state index contributed by atoms with van der Waals surface area (Å²) in [5.74, 6) is -1.65. The molecular weight excluding hydrogens is 414 g/mol. The van der Waals surface area contributed by atoms with Crippen molar-refractivity contribution in [1.29, 1.82) is 0 Å². The van der Waals surface area contributed by atoms with Crippen LogP contribution in [0.4, 0.5) is 5.82 Å². The average molecular weight is 446 g/mol. The molecule has 2 rings (SSSR count). The SMILES string of the molecule is CC.CNNC(=O)/C(Nc1c(O)c(C(=O)N(C)C)nn1C)=C(\C=O)NCc1ccccc1. The normalized spacial score (nSPS) is 10.8. The lowest BCUT2D eigenvalue weighted by molar-refractivity contribution is -0.118. The van der Waals surface area contributed by atoms with Crippen molar-refractivity contribution in [3.8, 4) is 5.75 Å². The smallest absolute Gasteiger partial charge is 0.284 e. The number of hydrogen-bond acceptors (Lipinski definition) is 8. The number of aromatic hydroxyl groups is 1. The van der Waals surface area contributed by atoms with E-state index in [-0.39, 0.29) is 29.5 Å². The van der Waals surface area contributed by atoms with Gasteiger partial charge in [0.2, 0.25) is 0 Å². The largest absolute Gasteiger partial charge is 0.503 e. The first-order valence-electron chi connectivity index (χ1n) is 9.99. The number of aromatic nitrogens is 2. The van der Waals surface area contributed by atoms with Gasteiger partial charge in [-0.1, -0.05) is 44.2 Å². The predicted molar refractivity (Wildman–Crippen MR) is 121 cm³/mol. The number of allylic oxidation sites excluding steroid dienone is 1. The third kappa shape index (κ3) is 6.57. The number of aryl methyl sites for hydroxylation is 1. The van der Waals surface area contributed by atoms with Crippen molar-refractivity contribution in [2.75, 3.05) is 26.5 Å². The zero-order chi connectivity index (χ0) is 24.3. The van der Waals surface area contributed by atoms with Gasteiger partial charge in [0.05, 0.1) is 0 Å². The summed E-state index contributed by atoms with van der Waals surface area (Å²) >= 11 is 0. The molecule has 0 aliphatic rings. The van der Waals surface area contributed by atoms with Crippen LogP contribution in [0, 0.1) is 0 Å². The summed E-state index contributed by atoms with van der Waals surface area (Å²) in [7, 11) is 6.02. The molecule has 0 bridgehead atoms. The van der Waals surface area contributed by atoms with Gasteiger partial charge in [-0.15, -0.1) is 0 Å². The summed E-state index contributed by atoms with van der Waals surface area (Å²) in [6.07, 6.45) is 0.486. The van der Waals surface area contributed by atoms with Gasteiger partial charge in [-0.25, -0.2) is 10.1 Å². The van der Waals surface area contributed by atoms with Crippen molar-refractivity contribution < 1.29 is 19.5 Å². The molecule has 11 nitrogen and oxygen atoms in total. The van der Waals surface area contributed by atoms with Crippen LogP contribution in [0.15, 0.2) is 41.7 Å². The van der Waals surface area contributed by atoms with E-state index in [9.17, 15) is 19.5 Å². The number of benzene rings is 1. The molecule has 11 heteroatoms. The number of amides is 2. The van der Waals surface area contributed by atoms with Crippen molar-refractivity contribution in [1.82, 2.24) is 30.8 Å². The molecule has 2 amide bonds. The van der Waals surface area contributed by atoms with Gasteiger partial charge < -0.3 is 20.6 Å². The molecule has 32 heavy (non-hydrogen) atoms. The number of aldehydes is 1. The molecule has 2 aromatic rings. The summed E-state index contributed by atoms with van der Waals surface area (Å²) in [5, 5.41) is 20.1. The van der Waals surface area contributed by atoms with Gasteiger partial charge >= 0.3 is 0 Å². The Labute approximate surface area is 187 Å². The number of hydrogen-bond donors (Lipinski definition) is 5. The van der Waals surface area contributed by atoms with Crippen molar-refractivity contribution in [3.63, 3.8) is 0 Å². The molecule has 0 radical (unpaired) electrons. The molecule has 0 saturated heterocycles. The van der Waals surface area contributed by atoms with Crippen LogP contribution in [0.2, 0.25) is 0 Å². The third-order valence-corrected chi connectivity index (χ3v) is 4.05. The fourth-order valence-electron chi connectivity index (χ4n) is 2.53. The summed E-state index contributed by atoms with van der Waals surface area (Å²) in [6.45, 7) is 4.29. The highest BCUT2D eigenvalue weighted by Gasteiger charge is 2.25. The Morgan fingerprint density at radius 3 is 2.34 bits per heavy atom. The zero-order valence-corrected chi connectivity index (χ0v) is 19.2. The second-order valence-corrected chi connectivity index (χ2v) is 6.44. The summed E-state index contributed by atoms with van der Waals surface area (Å²) < 4.78 is 1.21. The van der Waals surface area contributed by atoms with Crippen LogP contribution in [0.1, 0.15) is 29.9 Å².